The van der Waals surface area contributed by atoms with Crippen molar-refractivity contribution in [1.82, 2.24) is 15.2 Å². The second kappa shape index (κ2) is 5.27. The van der Waals surface area contributed by atoms with Gasteiger partial charge in [0.15, 0.2) is 0 Å². The minimum Gasteiger partial charge on any atom is -0.348 e. The van der Waals surface area contributed by atoms with Crippen LogP contribution in [-0.2, 0) is 0 Å². The molecule has 0 spiro atoms. The van der Waals surface area contributed by atoms with E-state index in [4.69, 9.17) is 23.2 Å². The van der Waals surface area contributed by atoms with Crippen LogP contribution in [0.25, 0.3) is 0 Å². The average molecular weight is 300 g/mol. The molecule has 0 radical (unpaired) electrons. The number of aromatic nitrogens is 1. The molecular weight excluding hydrogens is 285 g/mol. The summed E-state index contributed by atoms with van der Waals surface area (Å²) in [6.45, 7) is 3.27. The summed E-state index contributed by atoms with van der Waals surface area (Å²) in [5.41, 5.74) is 0.464. The van der Waals surface area contributed by atoms with Gasteiger partial charge in [-0.2, -0.15) is 0 Å². The van der Waals surface area contributed by atoms with Crippen LogP contribution in [0, 0.1) is 5.92 Å². The third-order valence-corrected chi connectivity index (χ3v) is 4.72. The van der Waals surface area contributed by atoms with E-state index in [0.717, 1.165) is 19.6 Å². The summed E-state index contributed by atoms with van der Waals surface area (Å²) in [7, 11) is 0. The number of piperidine rings is 3. The largest absolute Gasteiger partial charge is 0.348 e. The monoisotopic (exact) mass is 299 g/mol. The van der Waals surface area contributed by atoms with Crippen molar-refractivity contribution in [2.75, 3.05) is 19.6 Å². The van der Waals surface area contributed by atoms with E-state index in [9.17, 15) is 4.79 Å². The summed E-state index contributed by atoms with van der Waals surface area (Å²) >= 11 is 11.6. The molecule has 4 heterocycles. The summed E-state index contributed by atoms with van der Waals surface area (Å²) < 4.78 is 0. The number of hydrogen-bond donors (Lipinski definition) is 1. The van der Waals surface area contributed by atoms with Gasteiger partial charge in [-0.1, -0.05) is 23.2 Å². The number of carbonyl (C=O) groups is 1. The number of rotatable bonds is 2. The van der Waals surface area contributed by atoms with Crippen LogP contribution in [0.5, 0.6) is 0 Å². The van der Waals surface area contributed by atoms with Gasteiger partial charge in [0.05, 0.1) is 10.6 Å². The second-order valence-corrected chi connectivity index (χ2v) is 5.98. The summed E-state index contributed by atoms with van der Waals surface area (Å²) in [4.78, 5) is 18.5. The Bertz CT molecular complexity index is 501. The molecule has 0 aliphatic carbocycles. The Kier molecular flexibility index (Phi) is 3.65. The van der Waals surface area contributed by atoms with E-state index in [0.29, 0.717) is 16.5 Å². The lowest BCUT2D eigenvalue weighted by atomic mass is 9.84. The zero-order valence-corrected chi connectivity index (χ0v) is 11.9. The highest BCUT2D eigenvalue weighted by Gasteiger charge is 2.34. The summed E-state index contributed by atoms with van der Waals surface area (Å²) in [6.07, 6.45) is 3.81. The van der Waals surface area contributed by atoms with Crippen LogP contribution >= 0.6 is 23.2 Å². The molecule has 4 nitrogen and oxygen atoms in total. The zero-order valence-electron chi connectivity index (χ0n) is 10.4. The minimum absolute atomic E-state index is 0.121. The first-order valence-electron chi connectivity index (χ1n) is 6.48. The third kappa shape index (κ3) is 2.71. The molecule has 3 aliphatic heterocycles. The quantitative estimate of drug-likeness (QED) is 0.852. The number of nitrogens with zero attached hydrogens (tertiary/aromatic N) is 2. The normalized spacial score (nSPS) is 29.3. The molecule has 0 saturated carbocycles. The van der Waals surface area contributed by atoms with Crippen LogP contribution in [0.2, 0.25) is 10.2 Å². The van der Waals surface area contributed by atoms with E-state index in [1.165, 1.54) is 19.0 Å². The highest BCUT2D eigenvalue weighted by molar-refractivity contribution is 6.41. The maximum Gasteiger partial charge on any atom is 0.253 e. The Labute approximate surface area is 122 Å². The first-order valence-corrected chi connectivity index (χ1v) is 7.23. The van der Waals surface area contributed by atoms with Crippen molar-refractivity contribution in [2.45, 2.75) is 18.9 Å². The molecule has 0 aromatic carbocycles. The molecular formula is C13H15Cl2N3O. The van der Waals surface area contributed by atoms with Gasteiger partial charge in [-0.15, -0.1) is 0 Å². The number of carbonyl (C=O) groups excluding carboxylic acids is 1. The molecule has 3 fully saturated rings. The highest BCUT2D eigenvalue weighted by atomic mass is 35.5. The van der Waals surface area contributed by atoms with Gasteiger partial charge in [-0.25, -0.2) is 4.98 Å². The predicted molar refractivity (Wildman–Crippen MR) is 74.7 cm³/mol. The van der Waals surface area contributed by atoms with Crippen LogP contribution in [0.4, 0.5) is 0 Å². The molecule has 2 bridgehead atoms. The Morgan fingerprint density at radius 3 is 2.68 bits per heavy atom. The van der Waals surface area contributed by atoms with Gasteiger partial charge in [-0.3, -0.25) is 4.79 Å². The van der Waals surface area contributed by atoms with Crippen molar-refractivity contribution in [3.8, 4) is 0 Å². The zero-order chi connectivity index (χ0) is 13.4. The summed E-state index contributed by atoms with van der Waals surface area (Å²) in [6, 6.07) is 1.80. The number of nitrogens with one attached hydrogen (secondary N) is 1. The van der Waals surface area contributed by atoms with Crippen molar-refractivity contribution in [1.29, 1.82) is 0 Å². The molecule has 1 amide bonds. The van der Waals surface area contributed by atoms with Gasteiger partial charge in [-0.05, 0) is 37.9 Å². The van der Waals surface area contributed by atoms with Crippen LogP contribution in [-0.4, -0.2) is 41.5 Å². The number of hydrogen-bond acceptors (Lipinski definition) is 3. The molecule has 19 heavy (non-hydrogen) atoms. The van der Waals surface area contributed by atoms with Crippen molar-refractivity contribution >= 4 is 29.1 Å². The Hall–Kier alpha value is -0.840. The molecule has 1 aromatic heterocycles. The topological polar surface area (TPSA) is 45.2 Å². The molecule has 6 heteroatoms. The number of amides is 1. The van der Waals surface area contributed by atoms with Crippen molar-refractivity contribution < 1.29 is 4.79 Å². The van der Waals surface area contributed by atoms with E-state index in [1.54, 1.807) is 6.07 Å². The van der Waals surface area contributed by atoms with E-state index >= 15 is 0 Å². The van der Waals surface area contributed by atoms with Gasteiger partial charge in [0.25, 0.3) is 5.91 Å². The van der Waals surface area contributed by atoms with Crippen LogP contribution in [0.15, 0.2) is 12.3 Å². The number of fused-ring (bicyclic) bond motifs is 3. The van der Waals surface area contributed by atoms with E-state index in [2.05, 4.69) is 15.2 Å². The fraction of sp³-hybridized carbons (Fsp3) is 0.538. The fourth-order valence-corrected chi connectivity index (χ4v) is 3.20. The number of halogens is 2. The maximum atomic E-state index is 12.2. The van der Waals surface area contributed by atoms with Crippen molar-refractivity contribution in [3.05, 3.63) is 28.0 Å². The van der Waals surface area contributed by atoms with Gasteiger partial charge < -0.3 is 10.2 Å². The summed E-state index contributed by atoms with van der Waals surface area (Å²) in [5, 5.41) is 3.62. The van der Waals surface area contributed by atoms with Gasteiger partial charge in [0, 0.05) is 18.8 Å². The molecule has 1 aromatic rings. The molecule has 1 unspecified atom stereocenters. The van der Waals surface area contributed by atoms with E-state index in [1.807, 2.05) is 0 Å². The van der Waals surface area contributed by atoms with E-state index in [-0.39, 0.29) is 17.1 Å². The average Bonchev–Trinajstić information content (AvgIpc) is 2.43. The lowest BCUT2D eigenvalue weighted by Gasteiger charge is -2.44. The third-order valence-electron chi connectivity index (χ3n) is 4.03. The van der Waals surface area contributed by atoms with Crippen molar-refractivity contribution in [2.24, 2.45) is 5.92 Å². The standard InChI is InChI=1S/C13H15Cl2N3O/c14-10-5-9(6-16-12(10)15)13(19)17-11-7-18-3-1-8(11)2-4-18/h5-6,8,11H,1-4,7H2,(H,17,19). The Morgan fingerprint density at radius 2 is 2.11 bits per heavy atom. The lowest BCUT2D eigenvalue weighted by molar-refractivity contribution is 0.0620. The molecule has 4 rings (SSSR count). The van der Waals surface area contributed by atoms with Gasteiger partial charge in [0.1, 0.15) is 5.15 Å². The molecule has 102 valence electrons. The van der Waals surface area contributed by atoms with Gasteiger partial charge >= 0.3 is 0 Å². The smallest absolute Gasteiger partial charge is 0.253 e. The number of pyridine rings is 1. The predicted octanol–water partition coefficient (Wildman–Crippen LogP) is 2.21. The fourth-order valence-electron chi connectivity index (χ4n) is 2.93. The minimum atomic E-state index is -0.121. The lowest BCUT2D eigenvalue weighted by Crippen LogP contribution is -2.57. The van der Waals surface area contributed by atoms with Crippen molar-refractivity contribution in [3.63, 3.8) is 0 Å². The van der Waals surface area contributed by atoms with E-state index < -0.39 is 0 Å². The molecule has 3 saturated heterocycles. The first-order chi connectivity index (χ1) is 9.13. The Balaban J connectivity index is 1.69. The van der Waals surface area contributed by atoms with Crippen LogP contribution < -0.4 is 5.32 Å². The van der Waals surface area contributed by atoms with Crippen LogP contribution in [0.1, 0.15) is 23.2 Å². The second-order valence-electron chi connectivity index (χ2n) is 5.21. The summed E-state index contributed by atoms with van der Waals surface area (Å²) in [5.74, 6) is 0.481. The Morgan fingerprint density at radius 1 is 1.37 bits per heavy atom. The maximum absolute atomic E-state index is 12.2. The SMILES string of the molecule is O=C(NC1CN2CCC1CC2)c1cnc(Cl)c(Cl)c1. The van der Waals surface area contributed by atoms with Gasteiger partial charge in [0.2, 0.25) is 0 Å². The molecule has 1 N–H and O–H groups in total. The van der Waals surface area contributed by atoms with Crippen LogP contribution in [0.3, 0.4) is 0 Å². The molecule has 3 aliphatic rings. The molecule has 1 atom stereocenters. The first kappa shape index (κ1) is 13.2. The highest BCUT2D eigenvalue weighted by Crippen LogP contribution is 2.28.